The van der Waals surface area contributed by atoms with Crippen molar-refractivity contribution in [3.63, 3.8) is 0 Å². The zero-order valence-electron chi connectivity index (χ0n) is 16.6. The minimum Gasteiger partial charge on any atom is -0.348 e. The molecule has 0 fully saturated rings. The lowest BCUT2D eigenvalue weighted by atomic mass is 10.1. The molecule has 0 saturated carbocycles. The van der Waals surface area contributed by atoms with E-state index in [4.69, 9.17) is 0 Å². The Morgan fingerprint density at radius 2 is 2.07 bits per heavy atom. The number of rotatable bonds is 6. The van der Waals surface area contributed by atoms with Gasteiger partial charge in [-0.2, -0.15) is 15.0 Å². The lowest BCUT2D eigenvalue weighted by Crippen LogP contribution is -2.38. The Morgan fingerprint density at radius 1 is 1.27 bits per heavy atom. The monoisotopic (exact) mass is 408 g/mol. The molecule has 1 amide bonds. The van der Waals surface area contributed by atoms with Crippen LogP contribution in [-0.2, 0) is 6.54 Å². The normalized spacial score (nSPS) is 14.2. The van der Waals surface area contributed by atoms with E-state index in [2.05, 4.69) is 31.3 Å². The van der Waals surface area contributed by atoms with Crippen molar-refractivity contribution in [3.05, 3.63) is 59.4 Å². The Labute approximate surface area is 172 Å². The molecule has 0 bridgehead atoms. The fraction of sp³-hybridized carbons (Fsp3) is 0.250. The van der Waals surface area contributed by atoms with Crippen LogP contribution >= 0.6 is 0 Å². The van der Waals surface area contributed by atoms with E-state index in [1.807, 2.05) is 32.0 Å². The summed E-state index contributed by atoms with van der Waals surface area (Å²) < 4.78 is 13.1. The molecule has 30 heavy (non-hydrogen) atoms. The Morgan fingerprint density at radius 3 is 2.80 bits per heavy atom. The van der Waals surface area contributed by atoms with Gasteiger partial charge in [-0.1, -0.05) is 11.6 Å². The molecule has 0 radical (unpaired) electrons. The molecule has 4 rings (SSSR count). The van der Waals surface area contributed by atoms with Crippen molar-refractivity contribution < 1.29 is 9.18 Å². The maximum Gasteiger partial charge on any atom is 0.253 e. The van der Waals surface area contributed by atoms with Gasteiger partial charge in [0, 0.05) is 17.8 Å². The van der Waals surface area contributed by atoms with Gasteiger partial charge in [0.15, 0.2) is 0 Å². The summed E-state index contributed by atoms with van der Waals surface area (Å²) in [4.78, 5) is 14.3. The molecule has 1 aliphatic rings. The average Bonchev–Trinajstić information content (AvgIpc) is 3.41. The van der Waals surface area contributed by atoms with Crippen molar-refractivity contribution in [2.75, 3.05) is 11.7 Å². The Balaban J connectivity index is 1.44. The molecule has 0 aliphatic carbocycles. The number of carbonyl (C=O) groups excluding carboxylic acids is 1. The van der Waals surface area contributed by atoms with Crippen LogP contribution < -0.4 is 15.9 Å². The topological polar surface area (TPSA) is 100 Å². The molecular formula is C20H21FN8O. The minimum atomic E-state index is -0.326. The first kappa shape index (κ1) is 19.6. The highest BCUT2D eigenvalue weighted by Gasteiger charge is 2.20. The predicted octanol–water partition coefficient (Wildman–Crippen LogP) is 1.92. The molecule has 0 saturated heterocycles. The van der Waals surface area contributed by atoms with E-state index in [9.17, 15) is 9.18 Å². The van der Waals surface area contributed by atoms with Crippen molar-refractivity contribution in [1.82, 2.24) is 30.9 Å². The summed E-state index contributed by atoms with van der Waals surface area (Å²) in [5.74, 6) is -0.149. The second-order valence-electron chi connectivity index (χ2n) is 7.04. The van der Waals surface area contributed by atoms with E-state index in [1.165, 1.54) is 16.9 Å². The maximum absolute atomic E-state index is 13.1. The number of halogens is 1. The van der Waals surface area contributed by atoms with Crippen LogP contribution in [0.3, 0.4) is 0 Å². The largest absolute Gasteiger partial charge is 0.348 e. The number of hydrogen-bond acceptors (Lipinski definition) is 7. The molecule has 0 spiro atoms. The number of amides is 1. The summed E-state index contributed by atoms with van der Waals surface area (Å²) in [5.41, 5.74) is 5.92. The minimum absolute atomic E-state index is 0.219. The van der Waals surface area contributed by atoms with Gasteiger partial charge in [-0.25, -0.2) is 9.82 Å². The first-order chi connectivity index (χ1) is 14.5. The molecule has 2 aromatic carbocycles. The van der Waals surface area contributed by atoms with Crippen LogP contribution in [-0.4, -0.2) is 44.9 Å². The number of hydrazine groups is 1. The number of nitrogens with one attached hydrogen (secondary N) is 2. The average molecular weight is 408 g/mol. The first-order valence-electron chi connectivity index (χ1n) is 9.51. The van der Waals surface area contributed by atoms with E-state index in [0.717, 1.165) is 5.56 Å². The fourth-order valence-corrected chi connectivity index (χ4v) is 3.08. The number of benzene rings is 2. The summed E-state index contributed by atoms with van der Waals surface area (Å²) in [5, 5.41) is 21.1. The van der Waals surface area contributed by atoms with Crippen LogP contribution in [0.2, 0.25) is 0 Å². The first-order valence-corrected chi connectivity index (χ1v) is 9.51. The number of hydrogen-bond donors (Lipinski definition) is 2. The highest BCUT2D eigenvalue weighted by atomic mass is 19.1. The molecule has 2 N–H and O–H groups in total. The zero-order valence-corrected chi connectivity index (χ0v) is 16.6. The third kappa shape index (κ3) is 4.33. The summed E-state index contributed by atoms with van der Waals surface area (Å²) in [6.07, 6.45) is 1.74. The van der Waals surface area contributed by atoms with Crippen molar-refractivity contribution in [2.24, 2.45) is 5.10 Å². The molecule has 2 heterocycles. The van der Waals surface area contributed by atoms with E-state index in [0.29, 0.717) is 35.7 Å². The molecular weight excluding hydrogens is 387 g/mol. The predicted molar refractivity (Wildman–Crippen MR) is 110 cm³/mol. The van der Waals surface area contributed by atoms with Crippen LogP contribution in [0.15, 0.2) is 47.6 Å². The highest BCUT2D eigenvalue weighted by molar-refractivity contribution is 6.00. The van der Waals surface area contributed by atoms with Crippen molar-refractivity contribution in [2.45, 2.75) is 26.4 Å². The van der Waals surface area contributed by atoms with Crippen LogP contribution in [0.25, 0.3) is 11.4 Å². The lowest BCUT2D eigenvalue weighted by Gasteiger charge is -2.20. The van der Waals surface area contributed by atoms with Gasteiger partial charge in [-0.3, -0.25) is 4.79 Å². The summed E-state index contributed by atoms with van der Waals surface area (Å²) >= 11 is 0. The second-order valence-corrected chi connectivity index (χ2v) is 7.04. The maximum atomic E-state index is 13.1. The smallest absolute Gasteiger partial charge is 0.253 e. The number of nitrogens with zero attached hydrogens (tertiary/aromatic N) is 6. The summed E-state index contributed by atoms with van der Waals surface area (Å²) in [6, 6.07) is 11.2. The van der Waals surface area contributed by atoms with E-state index < -0.39 is 0 Å². The third-order valence-electron chi connectivity index (χ3n) is 4.52. The van der Waals surface area contributed by atoms with E-state index >= 15 is 0 Å². The highest BCUT2D eigenvalue weighted by Crippen LogP contribution is 2.22. The molecule has 0 unspecified atom stereocenters. The lowest BCUT2D eigenvalue weighted by molar-refractivity contribution is 0.0935. The molecule has 1 atom stereocenters. The summed E-state index contributed by atoms with van der Waals surface area (Å²) in [6.45, 7) is 4.74. The van der Waals surface area contributed by atoms with Crippen molar-refractivity contribution >= 4 is 17.8 Å². The van der Waals surface area contributed by atoms with Crippen molar-refractivity contribution in [3.8, 4) is 11.4 Å². The van der Waals surface area contributed by atoms with Gasteiger partial charge >= 0.3 is 0 Å². The Hall–Kier alpha value is -3.66. The number of aryl methyl sites for hydroxylation is 1. The van der Waals surface area contributed by atoms with Gasteiger partial charge in [0.05, 0.1) is 24.3 Å². The molecule has 10 heteroatoms. The number of hydrazone groups is 1. The van der Waals surface area contributed by atoms with Gasteiger partial charge in [-0.05, 0) is 55.5 Å². The van der Waals surface area contributed by atoms with E-state index in [1.54, 1.807) is 23.5 Å². The second kappa shape index (κ2) is 8.37. The van der Waals surface area contributed by atoms with Crippen molar-refractivity contribution in [1.29, 1.82) is 0 Å². The number of tetrazole rings is 1. The third-order valence-corrected chi connectivity index (χ3v) is 4.52. The van der Waals surface area contributed by atoms with Gasteiger partial charge in [0.2, 0.25) is 5.82 Å². The SMILES string of the molecule is Cc1ccc(N2N=CCN2)c(C(=O)N[C@@H](C)Cn2nnc(-c3ccc(F)cc3)n2)c1. The van der Waals surface area contributed by atoms with E-state index in [-0.39, 0.29) is 17.8 Å². The molecule has 1 aliphatic heterocycles. The summed E-state index contributed by atoms with van der Waals surface area (Å²) in [7, 11) is 0. The quantitative estimate of drug-likeness (QED) is 0.646. The zero-order chi connectivity index (χ0) is 21.1. The van der Waals surface area contributed by atoms with Crippen LogP contribution in [0.1, 0.15) is 22.8 Å². The van der Waals surface area contributed by atoms with Gasteiger partial charge in [-0.15, -0.1) is 10.2 Å². The van der Waals surface area contributed by atoms with Crippen LogP contribution in [0.5, 0.6) is 0 Å². The number of anilines is 1. The molecule has 1 aromatic heterocycles. The number of aromatic nitrogens is 4. The Kier molecular flexibility index (Phi) is 5.48. The molecule has 3 aromatic rings. The Bertz CT molecular complexity index is 1080. The number of carbonyl (C=O) groups is 1. The van der Waals surface area contributed by atoms with Gasteiger partial charge < -0.3 is 5.32 Å². The van der Waals surface area contributed by atoms with Crippen LogP contribution in [0, 0.1) is 12.7 Å². The van der Waals surface area contributed by atoms with Gasteiger partial charge in [0.25, 0.3) is 5.91 Å². The standard InChI is InChI=1S/C20H21FN8O/c1-13-3-8-18(29-22-9-10-23-29)17(11-13)20(30)24-14(2)12-28-26-19(25-27-28)15-4-6-16(21)7-5-15/h3-9,11,14,23H,10,12H2,1-2H3,(H,24,30)/t14-/m0/s1. The fourth-order valence-electron chi connectivity index (χ4n) is 3.08. The molecule has 9 nitrogen and oxygen atoms in total. The molecule has 154 valence electrons. The van der Waals surface area contributed by atoms with Gasteiger partial charge in [0.1, 0.15) is 5.82 Å². The van der Waals surface area contributed by atoms with Crippen LogP contribution in [0.4, 0.5) is 10.1 Å².